The average molecular weight is 390 g/mol. The first kappa shape index (κ1) is 18.7. The molecule has 4 rings (SSSR count). The lowest BCUT2D eigenvalue weighted by atomic mass is 10.1. The third kappa shape index (κ3) is 4.29. The predicted molar refractivity (Wildman–Crippen MR) is 109 cm³/mol. The van der Waals surface area contributed by atoms with Gasteiger partial charge in [-0.25, -0.2) is 4.39 Å². The van der Waals surface area contributed by atoms with Gasteiger partial charge in [0.2, 0.25) is 11.2 Å². The summed E-state index contributed by atoms with van der Waals surface area (Å²) in [5.41, 5.74) is 3.08. The molecule has 0 N–H and O–H groups in total. The molecule has 5 heteroatoms. The second-order valence-corrected chi connectivity index (χ2v) is 6.93. The molecule has 0 saturated carbocycles. The summed E-state index contributed by atoms with van der Waals surface area (Å²) in [6.07, 6.45) is 1.31. The lowest BCUT2D eigenvalue weighted by molar-refractivity contribution is 0.306. The van der Waals surface area contributed by atoms with E-state index in [9.17, 15) is 9.18 Å². The van der Waals surface area contributed by atoms with E-state index in [4.69, 9.17) is 13.9 Å². The van der Waals surface area contributed by atoms with Crippen molar-refractivity contribution in [3.8, 4) is 17.2 Å². The Balaban J connectivity index is 1.56. The van der Waals surface area contributed by atoms with Crippen LogP contribution in [0.3, 0.4) is 0 Å². The number of halogens is 1. The normalized spacial score (nSPS) is 10.9. The Hall–Kier alpha value is -3.60. The van der Waals surface area contributed by atoms with Crippen LogP contribution in [-0.4, -0.2) is 0 Å². The molecule has 0 aliphatic heterocycles. The van der Waals surface area contributed by atoms with Crippen molar-refractivity contribution < 1.29 is 18.3 Å². The van der Waals surface area contributed by atoms with Crippen molar-refractivity contribution in [1.82, 2.24) is 0 Å². The minimum Gasteiger partial charge on any atom is -0.489 e. The van der Waals surface area contributed by atoms with Crippen LogP contribution in [0.4, 0.5) is 4.39 Å². The smallest absolute Gasteiger partial charge is 0.235 e. The minimum absolute atomic E-state index is 0.127. The van der Waals surface area contributed by atoms with Crippen LogP contribution in [0.25, 0.3) is 11.0 Å². The fraction of sp³-hybridized carbons (Fsp3) is 0.125. The molecule has 1 aromatic heterocycles. The summed E-state index contributed by atoms with van der Waals surface area (Å²) in [5.74, 6) is 0.976. The van der Waals surface area contributed by atoms with Crippen LogP contribution in [-0.2, 0) is 6.61 Å². The van der Waals surface area contributed by atoms with Crippen molar-refractivity contribution in [2.45, 2.75) is 20.5 Å². The molecule has 0 amide bonds. The van der Waals surface area contributed by atoms with Crippen molar-refractivity contribution in [3.63, 3.8) is 0 Å². The molecule has 1 heterocycles. The zero-order chi connectivity index (χ0) is 20.4. The van der Waals surface area contributed by atoms with Crippen LogP contribution in [0.15, 0.2) is 76.1 Å². The molecule has 0 radical (unpaired) electrons. The van der Waals surface area contributed by atoms with Crippen molar-refractivity contribution in [1.29, 1.82) is 0 Å². The third-order valence-electron chi connectivity index (χ3n) is 4.46. The highest BCUT2D eigenvalue weighted by atomic mass is 19.1. The maximum atomic E-state index is 13.0. The standard InChI is InChI=1S/C24H19FO4/c1-15-9-16(2)11-20(10-15)29-23-14-28-22-12-19(7-8-21(22)24(23)26)27-13-17-3-5-18(25)6-4-17/h3-12,14H,13H2,1-2H3. The first-order valence-electron chi connectivity index (χ1n) is 9.17. The molecular weight excluding hydrogens is 371 g/mol. The summed E-state index contributed by atoms with van der Waals surface area (Å²) in [7, 11) is 0. The maximum absolute atomic E-state index is 13.0. The van der Waals surface area contributed by atoms with Gasteiger partial charge in [-0.1, -0.05) is 18.2 Å². The quantitative estimate of drug-likeness (QED) is 0.424. The molecule has 0 aliphatic rings. The molecule has 0 saturated heterocycles. The molecule has 0 aliphatic carbocycles. The fourth-order valence-corrected chi connectivity index (χ4v) is 3.12. The highest BCUT2D eigenvalue weighted by Crippen LogP contribution is 2.25. The largest absolute Gasteiger partial charge is 0.489 e. The van der Waals surface area contributed by atoms with Crippen LogP contribution < -0.4 is 14.9 Å². The van der Waals surface area contributed by atoms with Crippen molar-refractivity contribution in [3.05, 3.63) is 99.7 Å². The number of rotatable bonds is 5. The van der Waals surface area contributed by atoms with Gasteiger partial charge in [0.1, 0.15) is 35.8 Å². The van der Waals surface area contributed by atoms with Crippen molar-refractivity contribution in [2.24, 2.45) is 0 Å². The minimum atomic E-state index is -0.292. The van der Waals surface area contributed by atoms with E-state index in [0.29, 0.717) is 22.5 Å². The van der Waals surface area contributed by atoms with Crippen LogP contribution >= 0.6 is 0 Å². The van der Waals surface area contributed by atoms with E-state index >= 15 is 0 Å². The summed E-state index contributed by atoms with van der Waals surface area (Å²) in [6, 6.07) is 16.8. The highest BCUT2D eigenvalue weighted by Gasteiger charge is 2.11. The molecule has 3 aromatic carbocycles. The number of benzene rings is 3. The van der Waals surface area contributed by atoms with E-state index in [1.807, 2.05) is 32.0 Å². The van der Waals surface area contributed by atoms with Crippen molar-refractivity contribution in [2.75, 3.05) is 0 Å². The van der Waals surface area contributed by atoms with Gasteiger partial charge in [0.25, 0.3) is 0 Å². The summed E-state index contributed by atoms with van der Waals surface area (Å²) in [4.78, 5) is 12.8. The Morgan fingerprint density at radius 3 is 2.34 bits per heavy atom. The summed E-state index contributed by atoms with van der Waals surface area (Å²) < 4.78 is 30.1. The fourth-order valence-electron chi connectivity index (χ4n) is 3.12. The summed E-state index contributed by atoms with van der Waals surface area (Å²) >= 11 is 0. The number of fused-ring (bicyclic) bond motifs is 1. The number of ether oxygens (including phenoxy) is 2. The van der Waals surface area contributed by atoms with E-state index < -0.39 is 0 Å². The van der Waals surface area contributed by atoms with E-state index in [1.54, 1.807) is 30.3 Å². The lowest BCUT2D eigenvalue weighted by Crippen LogP contribution is -2.05. The van der Waals surface area contributed by atoms with Gasteiger partial charge in [0.05, 0.1) is 5.39 Å². The monoisotopic (exact) mass is 390 g/mol. The molecule has 0 atom stereocenters. The zero-order valence-electron chi connectivity index (χ0n) is 16.1. The van der Waals surface area contributed by atoms with E-state index in [2.05, 4.69) is 0 Å². The average Bonchev–Trinajstić information content (AvgIpc) is 2.69. The van der Waals surface area contributed by atoms with E-state index in [-0.39, 0.29) is 23.6 Å². The molecule has 0 spiro atoms. The highest BCUT2D eigenvalue weighted by molar-refractivity contribution is 5.79. The Labute approximate surface area is 167 Å². The number of hydrogen-bond acceptors (Lipinski definition) is 4. The van der Waals surface area contributed by atoms with Crippen LogP contribution in [0.5, 0.6) is 17.2 Å². The maximum Gasteiger partial charge on any atom is 0.235 e. The van der Waals surface area contributed by atoms with E-state index in [1.165, 1.54) is 18.4 Å². The van der Waals surface area contributed by atoms with Gasteiger partial charge >= 0.3 is 0 Å². The van der Waals surface area contributed by atoms with Gasteiger partial charge in [-0.2, -0.15) is 0 Å². The molecule has 146 valence electrons. The Bertz CT molecular complexity index is 1210. The lowest BCUT2D eigenvalue weighted by Gasteiger charge is -2.09. The predicted octanol–water partition coefficient (Wildman–Crippen LogP) is 5.92. The molecular formula is C24H19FO4. The van der Waals surface area contributed by atoms with Crippen molar-refractivity contribution >= 4 is 11.0 Å². The summed E-state index contributed by atoms with van der Waals surface area (Å²) in [5, 5.41) is 0.404. The van der Waals surface area contributed by atoms with Gasteiger partial charge in [-0.15, -0.1) is 0 Å². The van der Waals surface area contributed by atoms with Crippen LogP contribution in [0, 0.1) is 19.7 Å². The van der Waals surface area contributed by atoms with Gasteiger partial charge in [-0.05, 0) is 66.9 Å². The molecule has 0 fully saturated rings. The molecule has 0 unspecified atom stereocenters. The van der Waals surface area contributed by atoms with Gasteiger partial charge in [0.15, 0.2) is 0 Å². The number of aryl methyl sites for hydroxylation is 2. The summed E-state index contributed by atoms with van der Waals surface area (Å²) in [6.45, 7) is 4.22. The number of hydrogen-bond donors (Lipinski definition) is 0. The first-order valence-corrected chi connectivity index (χ1v) is 9.17. The van der Waals surface area contributed by atoms with Gasteiger partial charge < -0.3 is 13.9 Å². The second kappa shape index (κ2) is 7.80. The van der Waals surface area contributed by atoms with E-state index in [0.717, 1.165) is 16.7 Å². The molecule has 4 aromatic rings. The van der Waals surface area contributed by atoms with Crippen LogP contribution in [0.1, 0.15) is 16.7 Å². The zero-order valence-corrected chi connectivity index (χ0v) is 16.1. The SMILES string of the molecule is Cc1cc(C)cc(Oc2coc3cc(OCc4ccc(F)cc4)ccc3c2=O)c1. The Morgan fingerprint density at radius 1 is 0.897 bits per heavy atom. The van der Waals surface area contributed by atoms with Crippen LogP contribution in [0.2, 0.25) is 0 Å². The topological polar surface area (TPSA) is 48.7 Å². The Morgan fingerprint density at radius 2 is 1.62 bits per heavy atom. The van der Waals surface area contributed by atoms with Gasteiger partial charge in [0, 0.05) is 6.07 Å². The second-order valence-electron chi connectivity index (χ2n) is 6.93. The Kier molecular flexibility index (Phi) is 5.04. The first-order chi connectivity index (χ1) is 14.0. The van der Waals surface area contributed by atoms with Gasteiger partial charge in [-0.3, -0.25) is 4.79 Å². The molecule has 29 heavy (non-hydrogen) atoms. The third-order valence-corrected chi connectivity index (χ3v) is 4.46. The molecule has 4 nitrogen and oxygen atoms in total. The molecule has 0 bridgehead atoms.